The average molecular weight is 468 g/mol. The normalized spacial score (nSPS) is 11.5. The number of fused-ring (bicyclic) bond motifs is 1. The summed E-state index contributed by atoms with van der Waals surface area (Å²) in [6, 6.07) is 5.81. The maximum Gasteiger partial charge on any atom is 0.358 e. The van der Waals surface area contributed by atoms with Gasteiger partial charge >= 0.3 is 19.5 Å². The topological polar surface area (TPSA) is 166 Å². The number of likely N-dealkylation sites (N-methyl/N-ethyl adjacent to an activating group) is 1. The first-order chi connectivity index (χ1) is 15.0. The standard InChI is InChI=1S/C20H25N2O9P/c1-4-30-32(28,31-5-2)11-29-22(3)15(23)10-12-6-8-13-14(9-7-12)17(20(26)27)18(21)16(13)19(24)25/h6-9H,4-5,10-11,21H2,1-3H3,(H,24,25)(H,26,27). The molecular weight excluding hydrogens is 443 g/mol. The Hall–Kier alpha value is -2.98. The van der Waals surface area contributed by atoms with Crippen LogP contribution in [0.4, 0.5) is 5.69 Å². The lowest BCUT2D eigenvalue weighted by atomic mass is 10.1. The van der Waals surface area contributed by atoms with Crippen LogP contribution in [0.3, 0.4) is 0 Å². The Bertz CT molecular complexity index is 978. The molecule has 2 aliphatic rings. The van der Waals surface area contributed by atoms with Gasteiger partial charge in [-0.2, -0.15) is 0 Å². The largest absolute Gasteiger partial charge is 0.478 e. The monoisotopic (exact) mass is 468 g/mol. The molecule has 0 heterocycles. The molecular formula is C20H25N2O9P. The van der Waals surface area contributed by atoms with Crippen LogP contribution in [0.25, 0.3) is 11.1 Å². The Morgan fingerprint density at radius 1 is 0.969 bits per heavy atom. The molecule has 0 unspecified atom stereocenters. The molecule has 1 amide bonds. The molecule has 2 aliphatic carbocycles. The molecule has 0 saturated carbocycles. The van der Waals surface area contributed by atoms with Gasteiger partial charge in [0.1, 0.15) is 0 Å². The third-order valence-corrected chi connectivity index (χ3v) is 6.23. The van der Waals surface area contributed by atoms with Crippen LogP contribution in [0.5, 0.6) is 0 Å². The summed E-state index contributed by atoms with van der Waals surface area (Å²) in [6.07, 6.45) is -0.599. The number of carbonyl (C=O) groups is 3. The lowest BCUT2D eigenvalue weighted by molar-refractivity contribution is -0.172. The number of hydroxylamine groups is 2. The SMILES string of the molecule is CCOP(=O)(CON(C)C(=O)Cc1ccc2c(C(=O)O)c(N)c(C(=O)O)c-2cc1)OCC. The Balaban J connectivity index is 2.23. The first-order valence-corrected chi connectivity index (χ1v) is 11.4. The maximum absolute atomic E-state index is 12.5. The quantitative estimate of drug-likeness (QED) is 0.330. The van der Waals surface area contributed by atoms with Crippen molar-refractivity contribution in [2.24, 2.45) is 0 Å². The molecule has 0 fully saturated rings. The molecule has 0 atom stereocenters. The molecule has 2 rings (SSSR count). The van der Waals surface area contributed by atoms with Crippen molar-refractivity contribution >= 4 is 31.1 Å². The number of aromatic carboxylic acids is 2. The summed E-state index contributed by atoms with van der Waals surface area (Å²) in [5.41, 5.74) is 5.55. The highest BCUT2D eigenvalue weighted by Crippen LogP contribution is 2.48. The molecule has 32 heavy (non-hydrogen) atoms. The van der Waals surface area contributed by atoms with E-state index in [4.69, 9.17) is 19.6 Å². The molecule has 12 heteroatoms. The van der Waals surface area contributed by atoms with Crippen LogP contribution in [0.1, 0.15) is 40.1 Å². The molecule has 0 spiro atoms. The highest BCUT2D eigenvalue weighted by molar-refractivity contribution is 7.53. The van der Waals surface area contributed by atoms with Crippen molar-refractivity contribution in [1.29, 1.82) is 0 Å². The van der Waals surface area contributed by atoms with E-state index in [0.717, 1.165) is 5.06 Å². The Morgan fingerprint density at radius 2 is 1.44 bits per heavy atom. The van der Waals surface area contributed by atoms with E-state index in [1.807, 2.05) is 0 Å². The van der Waals surface area contributed by atoms with Gasteiger partial charge in [0.05, 0.1) is 36.4 Å². The van der Waals surface area contributed by atoms with E-state index < -0.39 is 31.8 Å². The van der Waals surface area contributed by atoms with E-state index in [1.165, 1.54) is 31.3 Å². The van der Waals surface area contributed by atoms with Gasteiger partial charge in [0.2, 0.25) is 5.91 Å². The fraction of sp³-hybridized carbons (Fsp3) is 0.350. The number of nitrogen functional groups attached to an aromatic ring is 1. The number of nitrogens with two attached hydrogens (primary N) is 1. The van der Waals surface area contributed by atoms with Gasteiger partial charge in [-0.15, -0.1) is 0 Å². The summed E-state index contributed by atoms with van der Waals surface area (Å²) in [4.78, 5) is 40.9. The highest BCUT2D eigenvalue weighted by Gasteiger charge is 2.29. The fourth-order valence-corrected chi connectivity index (χ4v) is 4.39. The van der Waals surface area contributed by atoms with Crippen molar-refractivity contribution in [1.82, 2.24) is 5.06 Å². The van der Waals surface area contributed by atoms with Crippen molar-refractivity contribution in [2.45, 2.75) is 20.3 Å². The van der Waals surface area contributed by atoms with E-state index in [1.54, 1.807) is 13.8 Å². The molecule has 11 nitrogen and oxygen atoms in total. The van der Waals surface area contributed by atoms with Crippen molar-refractivity contribution in [3.63, 3.8) is 0 Å². The van der Waals surface area contributed by atoms with Crippen molar-refractivity contribution in [2.75, 3.05) is 32.3 Å². The van der Waals surface area contributed by atoms with Crippen LogP contribution in [0.2, 0.25) is 0 Å². The van der Waals surface area contributed by atoms with Crippen LogP contribution in [0.15, 0.2) is 24.3 Å². The third-order valence-electron chi connectivity index (χ3n) is 4.49. The number of nitrogens with zero attached hydrogens (tertiary/aromatic N) is 1. The number of rotatable bonds is 11. The number of carboxylic acids is 2. The second-order valence-electron chi connectivity index (χ2n) is 6.62. The Kier molecular flexibility index (Phi) is 8.34. The predicted octanol–water partition coefficient (Wildman–Crippen LogP) is 2.93. The molecule has 0 aromatic carbocycles. The van der Waals surface area contributed by atoms with Crippen molar-refractivity contribution in [3.05, 3.63) is 41.0 Å². The van der Waals surface area contributed by atoms with E-state index in [-0.39, 0.29) is 47.6 Å². The molecule has 0 aliphatic heterocycles. The first kappa shape index (κ1) is 25.3. The number of carbonyl (C=O) groups excluding carboxylic acids is 1. The van der Waals surface area contributed by atoms with Crippen LogP contribution in [0, 0.1) is 0 Å². The van der Waals surface area contributed by atoms with Crippen LogP contribution < -0.4 is 5.73 Å². The lowest BCUT2D eigenvalue weighted by Gasteiger charge is -2.21. The molecule has 4 N–H and O–H groups in total. The smallest absolute Gasteiger partial charge is 0.358 e. The summed E-state index contributed by atoms with van der Waals surface area (Å²) in [7, 11) is -2.16. The molecule has 0 aromatic heterocycles. The predicted molar refractivity (Wildman–Crippen MR) is 115 cm³/mol. The van der Waals surface area contributed by atoms with Gasteiger partial charge < -0.3 is 25.0 Å². The third kappa shape index (κ3) is 5.63. The van der Waals surface area contributed by atoms with Crippen LogP contribution in [-0.4, -0.2) is 59.7 Å². The van der Waals surface area contributed by atoms with Gasteiger partial charge in [0, 0.05) is 7.05 Å². The Morgan fingerprint density at radius 3 is 1.84 bits per heavy atom. The molecule has 174 valence electrons. The molecule has 0 aromatic rings. The van der Waals surface area contributed by atoms with E-state index in [0.29, 0.717) is 5.56 Å². The van der Waals surface area contributed by atoms with Gasteiger partial charge in [0.25, 0.3) is 0 Å². The van der Waals surface area contributed by atoms with Gasteiger partial charge in [0.15, 0.2) is 6.35 Å². The minimum Gasteiger partial charge on any atom is -0.478 e. The summed E-state index contributed by atoms with van der Waals surface area (Å²) in [5, 5.41) is 19.8. The second-order valence-corrected chi connectivity index (χ2v) is 8.61. The van der Waals surface area contributed by atoms with Crippen LogP contribution in [-0.2, 0) is 29.7 Å². The highest BCUT2D eigenvalue weighted by atomic mass is 31.2. The van der Waals surface area contributed by atoms with Gasteiger partial charge in [-0.25, -0.2) is 14.7 Å². The number of hydrogen-bond donors (Lipinski definition) is 3. The number of amides is 1. The first-order valence-electron chi connectivity index (χ1n) is 9.62. The van der Waals surface area contributed by atoms with Gasteiger partial charge in [-0.1, -0.05) is 24.3 Å². The summed E-state index contributed by atoms with van der Waals surface area (Å²) >= 11 is 0. The minimum absolute atomic E-state index is 0.144. The summed E-state index contributed by atoms with van der Waals surface area (Å²) in [6.45, 7) is 3.60. The van der Waals surface area contributed by atoms with Gasteiger partial charge in [-0.3, -0.25) is 14.2 Å². The zero-order valence-corrected chi connectivity index (χ0v) is 18.8. The van der Waals surface area contributed by atoms with E-state index >= 15 is 0 Å². The minimum atomic E-state index is -3.50. The van der Waals surface area contributed by atoms with E-state index in [2.05, 4.69) is 0 Å². The fourth-order valence-electron chi connectivity index (χ4n) is 3.07. The summed E-state index contributed by atoms with van der Waals surface area (Å²) < 4.78 is 22.6. The maximum atomic E-state index is 12.5. The van der Waals surface area contributed by atoms with Gasteiger partial charge in [-0.05, 0) is 30.5 Å². The second kappa shape index (κ2) is 10.6. The van der Waals surface area contributed by atoms with Crippen molar-refractivity contribution in [3.8, 4) is 11.1 Å². The zero-order chi connectivity index (χ0) is 24.1. The zero-order valence-electron chi connectivity index (χ0n) is 17.9. The van der Waals surface area contributed by atoms with E-state index in [9.17, 15) is 29.2 Å². The number of carboxylic acid groups (broad SMARTS) is 2. The van der Waals surface area contributed by atoms with Crippen LogP contribution >= 0.6 is 7.60 Å². The lowest BCUT2D eigenvalue weighted by Crippen LogP contribution is -2.29. The molecule has 0 bridgehead atoms. The molecule has 0 radical (unpaired) electrons. The molecule has 0 saturated heterocycles. The summed E-state index contributed by atoms with van der Waals surface area (Å²) in [5.74, 6) is -3.21. The number of hydrogen-bond acceptors (Lipinski definition) is 8. The van der Waals surface area contributed by atoms with Crippen molar-refractivity contribution < 1.29 is 43.0 Å². The average Bonchev–Trinajstić information content (AvgIpc) is 2.85. The Labute approximate surface area is 184 Å². The number of anilines is 1.